The maximum absolute atomic E-state index is 11.3. The molecule has 15 heavy (non-hydrogen) atoms. The third-order valence-corrected chi connectivity index (χ3v) is 2.55. The van der Waals surface area contributed by atoms with Crippen LogP contribution in [0, 0.1) is 0 Å². The average molecular weight is 206 g/mol. The molecule has 0 spiro atoms. The van der Waals surface area contributed by atoms with Crippen LogP contribution in [0.4, 0.5) is 0 Å². The molecule has 0 aromatic heterocycles. The lowest BCUT2D eigenvalue weighted by Crippen LogP contribution is -2.30. The van der Waals surface area contributed by atoms with E-state index in [0.717, 1.165) is 5.56 Å². The van der Waals surface area contributed by atoms with Gasteiger partial charge in [-0.05, 0) is 12.5 Å². The van der Waals surface area contributed by atoms with E-state index >= 15 is 0 Å². The Morgan fingerprint density at radius 1 is 1.40 bits per heavy atom. The Morgan fingerprint density at radius 3 is 2.47 bits per heavy atom. The predicted molar refractivity (Wildman–Crippen MR) is 61.5 cm³/mol. The highest BCUT2D eigenvalue weighted by atomic mass is 16.1. The van der Waals surface area contributed by atoms with Crippen molar-refractivity contribution >= 4 is 5.91 Å². The summed E-state index contributed by atoms with van der Waals surface area (Å²) < 4.78 is 0. The van der Waals surface area contributed by atoms with Gasteiger partial charge < -0.3 is 11.1 Å². The van der Waals surface area contributed by atoms with Gasteiger partial charge in [0.2, 0.25) is 5.91 Å². The number of benzene rings is 1. The summed E-state index contributed by atoms with van der Waals surface area (Å²) in [5.41, 5.74) is 7.01. The second-order valence-corrected chi connectivity index (χ2v) is 3.75. The summed E-state index contributed by atoms with van der Waals surface area (Å²) in [5.74, 6) is 0.118. The van der Waals surface area contributed by atoms with Gasteiger partial charge in [0.25, 0.3) is 0 Å². The number of amides is 1. The zero-order valence-electron chi connectivity index (χ0n) is 9.23. The van der Waals surface area contributed by atoms with Crippen molar-refractivity contribution in [2.75, 3.05) is 7.05 Å². The summed E-state index contributed by atoms with van der Waals surface area (Å²) in [6, 6.07) is 9.89. The molecular weight excluding hydrogens is 188 g/mol. The third-order valence-electron chi connectivity index (χ3n) is 2.55. The highest BCUT2D eigenvalue weighted by Gasteiger charge is 2.18. The minimum atomic E-state index is -0.0234. The quantitative estimate of drug-likeness (QED) is 0.779. The van der Waals surface area contributed by atoms with Crippen molar-refractivity contribution in [3.05, 3.63) is 35.9 Å². The Balaban J connectivity index is 2.79. The highest BCUT2D eigenvalue weighted by Crippen LogP contribution is 2.21. The number of nitrogens with two attached hydrogens (primary N) is 1. The van der Waals surface area contributed by atoms with Gasteiger partial charge >= 0.3 is 0 Å². The van der Waals surface area contributed by atoms with E-state index in [1.54, 1.807) is 7.05 Å². The predicted octanol–water partition coefficient (Wildman–Crippen LogP) is 1.25. The molecule has 3 heteroatoms. The van der Waals surface area contributed by atoms with E-state index in [4.69, 9.17) is 5.73 Å². The molecule has 0 aliphatic rings. The van der Waals surface area contributed by atoms with Crippen LogP contribution >= 0.6 is 0 Å². The van der Waals surface area contributed by atoms with Crippen LogP contribution in [0.25, 0.3) is 0 Å². The van der Waals surface area contributed by atoms with Gasteiger partial charge in [0.05, 0.1) is 0 Å². The first-order chi connectivity index (χ1) is 7.15. The maximum atomic E-state index is 11.3. The Bertz CT molecular complexity index is 309. The molecular formula is C12H18N2O. The van der Waals surface area contributed by atoms with Crippen LogP contribution in [0.2, 0.25) is 0 Å². The molecule has 0 saturated carbocycles. The van der Waals surface area contributed by atoms with Gasteiger partial charge in [0, 0.05) is 25.4 Å². The molecule has 82 valence electrons. The molecule has 0 heterocycles. The van der Waals surface area contributed by atoms with Gasteiger partial charge in [-0.15, -0.1) is 0 Å². The molecule has 0 saturated heterocycles. The number of rotatable bonds is 4. The van der Waals surface area contributed by atoms with Crippen molar-refractivity contribution in [2.45, 2.75) is 25.3 Å². The van der Waals surface area contributed by atoms with E-state index in [-0.39, 0.29) is 17.9 Å². The zero-order valence-corrected chi connectivity index (χ0v) is 9.23. The number of carbonyl (C=O) groups excluding carboxylic acids is 1. The SMILES string of the molecule is CNC(=O)C[C@@H](c1ccccc1)[C@@H](C)N. The molecule has 0 radical (unpaired) electrons. The van der Waals surface area contributed by atoms with Gasteiger partial charge in [-0.2, -0.15) is 0 Å². The third kappa shape index (κ3) is 3.36. The second kappa shape index (κ2) is 5.51. The van der Waals surface area contributed by atoms with Crippen LogP contribution in [0.1, 0.15) is 24.8 Å². The van der Waals surface area contributed by atoms with Gasteiger partial charge in [-0.1, -0.05) is 30.3 Å². The highest BCUT2D eigenvalue weighted by molar-refractivity contribution is 5.76. The number of hydrogen-bond donors (Lipinski definition) is 2. The van der Waals surface area contributed by atoms with Crippen molar-refractivity contribution in [1.82, 2.24) is 5.32 Å². The fourth-order valence-corrected chi connectivity index (χ4v) is 1.61. The van der Waals surface area contributed by atoms with E-state index in [9.17, 15) is 4.79 Å². The van der Waals surface area contributed by atoms with Gasteiger partial charge in [0.15, 0.2) is 0 Å². The normalized spacial score (nSPS) is 14.3. The standard InChI is InChI=1S/C12H18N2O/c1-9(13)11(8-12(15)14-2)10-6-4-3-5-7-10/h3-7,9,11H,8,13H2,1-2H3,(H,14,15)/t9-,11-/m1/s1. The minimum Gasteiger partial charge on any atom is -0.359 e. The molecule has 0 unspecified atom stereocenters. The number of nitrogens with one attached hydrogen (secondary N) is 1. The number of carbonyl (C=O) groups is 1. The lowest BCUT2D eigenvalue weighted by Gasteiger charge is -2.20. The van der Waals surface area contributed by atoms with Crippen LogP contribution in [0.5, 0.6) is 0 Å². The maximum Gasteiger partial charge on any atom is 0.220 e. The van der Waals surface area contributed by atoms with Crippen molar-refractivity contribution < 1.29 is 4.79 Å². The number of hydrogen-bond acceptors (Lipinski definition) is 2. The molecule has 1 aromatic carbocycles. The first-order valence-electron chi connectivity index (χ1n) is 5.16. The Labute approximate surface area is 90.7 Å². The molecule has 1 aromatic rings. The smallest absolute Gasteiger partial charge is 0.220 e. The lowest BCUT2D eigenvalue weighted by atomic mass is 9.89. The fraction of sp³-hybridized carbons (Fsp3) is 0.417. The van der Waals surface area contributed by atoms with Crippen molar-refractivity contribution in [3.8, 4) is 0 Å². The Kier molecular flexibility index (Phi) is 4.31. The molecule has 2 atom stereocenters. The first kappa shape index (κ1) is 11.7. The summed E-state index contributed by atoms with van der Waals surface area (Å²) in [7, 11) is 1.64. The van der Waals surface area contributed by atoms with E-state index in [1.807, 2.05) is 37.3 Å². The fourth-order valence-electron chi connectivity index (χ4n) is 1.61. The van der Waals surface area contributed by atoms with Gasteiger partial charge in [0.1, 0.15) is 0 Å². The molecule has 0 fully saturated rings. The van der Waals surface area contributed by atoms with Crippen molar-refractivity contribution in [3.63, 3.8) is 0 Å². The summed E-state index contributed by atoms with van der Waals surface area (Å²) >= 11 is 0. The van der Waals surface area contributed by atoms with Crippen molar-refractivity contribution in [1.29, 1.82) is 0 Å². The summed E-state index contributed by atoms with van der Waals surface area (Å²) in [6.07, 6.45) is 0.443. The van der Waals surface area contributed by atoms with Gasteiger partial charge in [-0.25, -0.2) is 0 Å². The minimum absolute atomic E-state index is 0.0234. The lowest BCUT2D eigenvalue weighted by molar-refractivity contribution is -0.121. The van der Waals surface area contributed by atoms with Crippen LogP contribution in [-0.2, 0) is 4.79 Å². The largest absolute Gasteiger partial charge is 0.359 e. The first-order valence-corrected chi connectivity index (χ1v) is 5.16. The van der Waals surface area contributed by atoms with Crippen LogP contribution in [0.15, 0.2) is 30.3 Å². The molecule has 0 aliphatic heterocycles. The average Bonchev–Trinajstić information content (AvgIpc) is 2.26. The Hall–Kier alpha value is -1.35. The Morgan fingerprint density at radius 2 is 2.00 bits per heavy atom. The van der Waals surface area contributed by atoms with E-state index in [1.165, 1.54) is 0 Å². The van der Waals surface area contributed by atoms with E-state index in [2.05, 4.69) is 5.32 Å². The topological polar surface area (TPSA) is 55.1 Å². The van der Waals surface area contributed by atoms with Crippen LogP contribution in [0.3, 0.4) is 0 Å². The summed E-state index contributed by atoms with van der Waals surface area (Å²) in [4.78, 5) is 11.3. The van der Waals surface area contributed by atoms with Crippen molar-refractivity contribution in [2.24, 2.45) is 5.73 Å². The van der Waals surface area contributed by atoms with E-state index in [0.29, 0.717) is 6.42 Å². The van der Waals surface area contributed by atoms with E-state index < -0.39 is 0 Å². The molecule has 0 bridgehead atoms. The molecule has 1 amide bonds. The van der Waals surface area contributed by atoms with Crippen LogP contribution < -0.4 is 11.1 Å². The van der Waals surface area contributed by atoms with Crippen LogP contribution in [-0.4, -0.2) is 19.0 Å². The monoisotopic (exact) mass is 206 g/mol. The molecule has 0 aliphatic carbocycles. The molecule has 3 nitrogen and oxygen atoms in total. The second-order valence-electron chi connectivity index (χ2n) is 3.75. The zero-order chi connectivity index (χ0) is 11.3. The summed E-state index contributed by atoms with van der Waals surface area (Å²) in [5, 5.41) is 2.63. The molecule has 1 rings (SSSR count). The van der Waals surface area contributed by atoms with Gasteiger partial charge in [-0.3, -0.25) is 4.79 Å². The molecule has 3 N–H and O–H groups in total. The summed E-state index contributed by atoms with van der Waals surface area (Å²) in [6.45, 7) is 1.93.